The van der Waals surface area contributed by atoms with Crippen LogP contribution in [0.25, 0.3) is 5.83 Å². The van der Waals surface area contributed by atoms with Crippen LogP contribution in [-0.2, 0) is 14.6 Å². The summed E-state index contributed by atoms with van der Waals surface area (Å²) in [7, 11) is -3.94. The Morgan fingerprint density at radius 1 is 1.03 bits per heavy atom. The molecule has 206 valence electrons. The lowest BCUT2D eigenvalue weighted by Crippen LogP contribution is -2.36. The van der Waals surface area contributed by atoms with Crippen molar-refractivity contribution in [2.24, 2.45) is 0 Å². The third kappa shape index (κ3) is 5.44. The van der Waals surface area contributed by atoms with Gasteiger partial charge in [-0.1, -0.05) is 12.1 Å². The maximum absolute atomic E-state index is 15.8. The van der Waals surface area contributed by atoms with Crippen LogP contribution in [0.4, 0.5) is 34.6 Å². The number of sulfone groups is 1. The lowest BCUT2D eigenvalue weighted by atomic mass is 9.89. The van der Waals surface area contributed by atoms with Crippen LogP contribution < -0.4 is 14.5 Å². The predicted molar refractivity (Wildman–Crippen MR) is 139 cm³/mol. The van der Waals surface area contributed by atoms with Crippen molar-refractivity contribution in [3.8, 4) is 5.75 Å². The van der Waals surface area contributed by atoms with Gasteiger partial charge in [0.25, 0.3) is 0 Å². The van der Waals surface area contributed by atoms with E-state index in [4.69, 9.17) is 4.74 Å². The van der Waals surface area contributed by atoms with E-state index >= 15 is 4.39 Å². The van der Waals surface area contributed by atoms with E-state index in [-0.39, 0.29) is 21.6 Å². The molecule has 39 heavy (non-hydrogen) atoms. The van der Waals surface area contributed by atoms with E-state index in [1.807, 2.05) is 6.07 Å². The van der Waals surface area contributed by atoms with Gasteiger partial charge in [-0.25, -0.2) is 12.8 Å². The average Bonchev–Trinajstić information content (AvgIpc) is 2.89. The number of hydrogen-bond donors (Lipinski definition) is 0. The molecular formula is C27H25F4N3O4S. The molecule has 2 aromatic carbocycles. The highest BCUT2D eigenvalue weighted by Crippen LogP contribution is 2.50. The molecule has 1 aromatic heterocycles. The van der Waals surface area contributed by atoms with Crippen molar-refractivity contribution in [3.05, 3.63) is 77.6 Å². The number of anilines is 3. The Bertz CT molecular complexity index is 1540. The first kappa shape index (κ1) is 26.9. The molecule has 1 saturated heterocycles. The fourth-order valence-corrected chi connectivity index (χ4v) is 5.93. The minimum atomic E-state index is -5.00. The third-order valence-electron chi connectivity index (χ3n) is 6.69. The number of benzene rings is 2. The highest BCUT2D eigenvalue weighted by atomic mass is 32.2. The molecule has 1 fully saturated rings. The third-order valence-corrected chi connectivity index (χ3v) is 7.86. The number of hydrogen-bond acceptors (Lipinski definition) is 7. The van der Waals surface area contributed by atoms with Gasteiger partial charge in [0.2, 0.25) is 0 Å². The summed E-state index contributed by atoms with van der Waals surface area (Å²) in [4.78, 5) is 7.93. The number of ether oxygens (including phenoxy) is 2. The second-order valence-corrected chi connectivity index (χ2v) is 11.3. The maximum Gasteiger partial charge on any atom is 0.573 e. The second kappa shape index (κ2) is 10.2. The highest BCUT2D eigenvalue weighted by molar-refractivity contribution is 7.90. The van der Waals surface area contributed by atoms with E-state index in [2.05, 4.69) is 14.6 Å². The molecule has 5 rings (SSSR count). The van der Waals surface area contributed by atoms with Crippen molar-refractivity contribution < 1.29 is 35.5 Å². The summed E-state index contributed by atoms with van der Waals surface area (Å²) in [5.41, 5.74) is 2.03. The fourth-order valence-electron chi connectivity index (χ4n) is 5.01. The van der Waals surface area contributed by atoms with Crippen molar-refractivity contribution in [2.45, 2.75) is 24.2 Å². The highest BCUT2D eigenvalue weighted by Gasteiger charge is 2.38. The molecule has 0 spiro atoms. The molecule has 0 radical (unpaired) electrons. The fraction of sp³-hybridized carbons (Fsp3) is 0.296. The lowest BCUT2D eigenvalue weighted by molar-refractivity contribution is -0.274. The van der Waals surface area contributed by atoms with Crippen LogP contribution in [0.3, 0.4) is 0 Å². The van der Waals surface area contributed by atoms with Crippen molar-refractivity contribution in [3.63, 3.8) is 0 Å². The SMILES string of the molecule is CC1=C(F)c2ccccc2N(c2cncc(N3CCOCC3)c2)C1c1cc(OC(F)(F)F)ccc1S(C)(=O)=O. The van der Waals surface area contributed by atoms with Gasteiger partial charge >= 0.3 is 6.36 Å². The van der Waals surface area contributed by atoms with Crippen LogP contribution in [0.5, 0.6) is 5.75 Å². The lowest BCUT2D eigenvalue weighted by Gasteiger charge is -2.40. The topological polar surface area (TPSA) is 72.0 Å². The van der Waals surface area contributed by atoms with Gasteiger partial charge in [-0.2, -0.15) is 0 Å². The van der Waals surface area contributed by atoms with E-state index < -0.39 is 33.8 Å². The number of pyridine rings is 1. The zero-order valence-corrected chi connectivity index (χ0v) is 21.9. The minimum Gasteiger partial charge on any atom is -0.406 e. The largest absolute Gasteiger partial charge is 0.573 e. The number of aromatic nitrogens is 1. The van der Waals surface area contributed by atoms with Gasteiger partial charge in [-0.05, 0) is 48.9 Å². The molecule has 0 saturated carbocycles. The predicted octanol–water partition coefficient (Wildman–Crippen LogP) is 5.81. The number of morpholine rings is 1. The van der Waals surface area contributed by atoms with Crippen LogP contribution in [0.15, 0.2) is 71.4 Å². The van der Waals surface area contributed by atoms with Crippen LogP contribution in [0.2, 0.25) is 0 Å². The first-order valence-corrected chi connectivity index (χ1v) is 14.0. The first-order chi connectivity index (χ1) is 18.4. The van der Waals surface area contributed by atoms with Crippen LogP contribution >= 0.6 is 0 Å². The van der Waals surface area contributed by atoms with Gasteiger partial charge in [0.15, 0.2) is 9.84 Å². The summed E-state index contributed by atoms with van der Waals surface area (Å²) >= 11 is 0. The van der Waals surface area contributed by atoms with Gasteiger partial charge in [0, 0.05) is 30.5 Å². The zero-order chi connectivity index (χ0) is 27.9. The molecule has 0 N–H and O–H groups in total. The van der Waals surface area contributed by atoms with Crippen molar-refractivity contribution in [2.75, 3.05) is 42.4 Å². The first-order valence-electron chi connectivity index (χ1n) is 12.1. The average molecular weight is 564 g/mol. The Hall–Kier alpha value is -3.64. The molecule has 7 nitrogen and oxygen atoms in total. The Kier molecular flexibility index (Phi) is 7.02. The molecule has 3 aromatic rings. The summed E-state index contributed by atoms with van der Waals surface area (Å²) in [6, 6.07) is 10.4. The number of halogens is 4. The number of para-hydroxylation sites is 1. The zero-order valence-electron chi connectivity index (χ0n) is 21.1. The molecule has 12 heteroatoms. The van der Waals surface area contributed by atoms with E-state index in [0.29, 0.717) is 37.7 Å². The van der Waals surface area contributed by atoms with Gasteiger partial charge in [0.1, 0.15) is 11.6 Å². The van der Waals surface area contributed by atoms with Crippen molar-refractivity contribution in [1.29, 1.82) is 0 Å². The summed E-state index contributed by atoms with van der Waals surface area (Å²) in [6.45, 7) is 3.83. The normalized spacial score (nSPS) is 18.3. The Labute approximate surface area is 223 Å². The number of nitrogens with zero attached hydrogens (tertiary/aromatic N) is 3. The van der Waals surface area contributed by atoms with E-state index in [1.165, 1.54) is 6.92 Å². The van der Waals surface area contributed by atoms with Gasteiger partial charge in [-0.3, -0.25) is 4.98 Å². The van der Waals surface area contributed by atoms with Crippen LogP contribution in [0, 0.1) is 0 Å². The number of fused-ring (bicyclic) bond motifs is 1. The van der Waals surface area contributed by atoms with Crippen LogP contribution in [0.1, 0.15) is 24.1 Å². The quantitative estimate of drug-likeness (QED) is 0.363. The monoisotopic (exact) mass is 563 g/mol. The minimum absolute atomic E-state index is 0.0572. The molecule has 3 heterocycles. The molecule has 0 aliphatic carbocycles. The molecular weight excluding hydrogens is 538 g/mol. The van der Waals surface area contributed by atoms with E-state index in [9.17, 15) is 21.6 Å². The molecule has 2 aliphatic heterocycles. The molecule has 0 amide bonds. The number of rotatable bonds is 5. The van der Waals surface area contributed by atoms with Gasteiger partial charge in [0.05, 0.1) is 53.6 Å². The maximum atomic E-state index is 15.8. The smallest absolute Gasteiger partial charge is 0.406 e. The van der Waals surface area contributed by atoms with Crippen molar-refractivity contribution >= 4 is 32.7 Å². The summed E-state index contributed by atoms with van der Waals surface area (Å²) < 4.78 is 90.3. The molecule has 1 atom stereocenters. The summed E-state index contributed by atoms with van der Waals surface area (Å²) in [5, 5.41) is 0. The summed E-state index contributed by atoms with van der Waals surface area (Å²) in [5.74, 6) is -1.21. The van der Waals surface area contributed by atoms with E-state index in [0.717, 1.165) is 30.1 Å². The molecule has 0 bridgehead atoms. The summed E-state index contributed by atoms with van der Waals surface area (Å²) in [6.07, 6.45) is -0.814. The second-order valence-electron chi connectivity index (χ2n) is 9.31. The van der Waals surface area contributed by atoms with Gasteiger partial charge in [-0.15, -0.1) is 13.2 Å². The molecule has 1 unspecified atom stereocenters. The Balaban J connectivity index is 1.74. The van der Waals surface area contributed by atoms with Crippen LogP contribution in [-0.4, -0.2) is 52.3 Å². The van der Waals surface area contributed by atoms with Gasteiger partial charge < -0.3 is 19.3 Å². The standard InChI is InChI=1S/C27H25F4N3O4S/c1-17-25(28)21-5-3-4-6-23(21)34(19-13-18(15-32-16-19)33-9-11-37-12-10-33)26(17)22-14-20(38-27(29,30)31)7-8-24(22)39(2,35)36/h3-8,13-16,26H,9-12H2,1-2H3. The molecule has 2 aliphatic rings. The van der Waals surface area contributed by atoms with Crippen molar-refractivity contribution in [1.82, 2.24) is 4.98 Å². The Morgan fingerprint density at radius 3 is 2.41 bits per heavy atom. The number of alkyl halides is 3. The van der Waals surface area contributed by atoms with E-state index in [1.54, 1.807) is 41.6 Å². The Morgan fingerprint density at radius 2 is 1.72 bits per heavy atom.